The first-order valence-corrected chi connectivity index (χ1v) is 3.84. The van der Waals surface area contributed by atoms with Crippen molar-refractivity contribution in [1.82, 2.24) is 10.6 Å². The molecule has 2 atom stereocenters. The normalized spacial score (nSPS) is 36.7. The summed E-state index contributed by atoms with van der Waals surface area (Å²) < 4.78 is 0. The van der Waals surface area contributed by atoms with E-state index in [9.17, 15) is 9.59 Å². The number of fused-ring (bicyclic) bond motifs is 1. The lowest BCUT2D eigenvalue weighted by Crippen LogP contribution is -2.44. The fourth-order valence-corrected chi connectivity index (χ4v) is 1.73. The van der Waals surface area contributed by atoms with E-state index in [-0.39, 0.29) is 17.7 Å². The molecular formula is C7H10N2O2. The highest BCUT2D eigenvalue weighted by atomic mass is 16.2. The lowest BCUT2D eigenvalue weighted by molar-refractivity contribution is -0.136. The van der Waals surface area contributed by atoms with Crippen LogP contribution < -0.4 is 10.6 Å². The molecule has 0 bridgehead atoms. The molecule has 2 unspecified atom stereocenters. The first-order valence-electron chi connectivity index (χ1n) is 3.84. The molecule has 2 heterocycles. The van der Waals surface area contributed by atoms with E-state index >= 15 is 0 Å². The predicted molar refractivity (Wildman–Crippen MR) is 37.9 cm³/mol. The van der Waals surface area contributed by atoms with Gasteiger partial charge in [0.15, 0.2) is 0 Å². The molecule has 2 aliphatic heterocycles. The number of nitrogens with one attached hydrogen (secondary N) is 2. The number of carbonyl (C=O) groups excluding carboxylic acids is 2. The molecule has 0 radical (unpaired) electrons. The molecule has 11 heavy (non-hydrogen) atoms. The van der Waals surface area contributed by atoms with E-state index in [1.807, 2.05) is 0 Å². The number of piperidine rings is 1. The lowest BCUT2D eigenvalue weighted by atomic mass is 9.93. The van der Waals surface area contributed by atoms with Gasteiger partial charge in [0, 0.05) is 6.54 Å². The fourth-order valence-electron chi connectivity index (χ4n) is 1.73. The maximum atomic E-state index is 11.1. The second-order valence-electron chi connectivity index (χ2n) is 3.04. The summed E-state index contributed by atoms with van der Waals surface area (Å²) in [4.78, 5) is 22.0. The summed E-state index contributed by atoms with van der Waals surface area (Å²) in [5.74, 6) is -0.677. The summed E-state index contributed by atoms with van der Waals surface area (Å²) in [5, 5.41) is 5.78. The fraction of sp³-hybridized carbons (Fsp3) is 0.714. The van der Waals surface area contributed by atoms with Gasteiger partial charge in [0.25, 0.3) is 5.91 Å². The Morgan fingerprint density at radius 3 is 2.91 bits per heavy atom. The number of hydrogen-bond acceptors (Lipinski definition) is 3. The van der Waals surface area contributed by atoms with Crippen molar-refractivity contribution < 1.29 is 9.59 Å². The van der Waals surface area contributed by atoms with Gasteiger partial charge in [0.1, 0.15) is 0 Å². The maximum absolute atomic E-state index is 11.1. The molecule has 0 saturated carbocycles. The van der Waals surface area contributed by atoms with Gasteiger partial charge in [-0.1, -0.05) is 0 Å². The molecule has 0 aromatic heterocycles. The molecular weight excluding hydrogens is 144 g/mol. The van der Waals surface area contributed by atoms with Gasteiger partial charge >= 0.3 is 0 Å². The van der Waals surface area contributed by atoms with E-state index < -0.39 is 5.91 Å². The van der Waals surface area contributed by atoms with Crippen LogP contribution in [0.1, 0.15) is 6.42 Å². The molecule has 0 aromatic rings. The van der Waals surface area contributed by atoms with Gasteiger partial charge in [-0.3, -0.25) is 9.59 Å². The monoisotopic (exact) mass is 154 g/mol. The summed E-state index contributed by atoms with van der Waals surface area (Å²) in [7, 11) is 0. The second-order valence-corrected chi connectivity index (χ2v) is 3.04. The van der Waals surface area contributed by atoms with Gasteiger partial charge in [0.05, 0.1) is 12.0 Å². The predicted octanol–water partition coefficient (Wildman–Crippen LogP) is -1.34. The molecule has 2 aliphatic rings. The van der Waals surface area contributed by atoms with Crippen LogP contribution in [0.2, 0.25) is 0 Å². The van der Waals surface area contributed by atoms with E-state index in [0.717, 1.165) is 19.5 Å². The van der Waals surface area contributed by atoms with Crippen molar-refractivity contribution in [3.8, 4) is 0 Å². The average Bonchev–Trinajstić information content (AvgIpc) is 2.30. The summed E-state index contributed by atoms with van der Waals surface area (Å²) in [5.41, 5.74) is 0. The highest BCUT2D eigenvalue weighted by Gasteiger charge is 2.41. The zero-order valence-corrected chi connectivity index (χ0v) is 6.09. The molecule has 2 N–H and O–H groups in total. The van der Waals surface area contributed by atoms with Gasteiger partial charge in [-0.15, -0.1) is 0 Å². The largest absolute Gasteiger partial charge is 0.345 e. The lowest BCUT2D eigenvalue weighted by Gasteiger charge is -2.23. The molecule has 4 heteroatoms. The van der Waals surface area contributed by atoms with Gasteiger partial charge in [-0.05, 0) is 13.0 Å². The van der Waals surface area contributed by atoms with Crippen LogP contribution in [-0.2, 0) is 9.59 Å². The zero-order valence-electron chi connectivity index (χ0n) is 6.09. The van der Waals surface area contributed by atoms with Gasteiger partial charge in [-0.25, -0.2) is 0 Å². The van der Waals surface area contributed by atoms with Gasteiger partial charge in [0.2, 0.25) is 5.78 Å². The van der Waals surface area contributed by atoms with Crippen LogP contribution in [0.25, 0.3) is 0 Å². The number of hydrogen-bond donors (Lipinski definition) is 2. The Balaban J connectivity index is 2.18. The molecule has 0 aromatic carbocycles. The van der Waals surface area contributed by atoms with Crippen molar-refractivity contribution in [1.29, 1.82) is 0 Å². The highest BCUT2D eigenvalue weighted by Crippen LogP contribution is 2.18. The molecule has 2 rings (SSSR count). The van der Waals surface area contributed by atoms with Crippen molar-refractivity contribution >= 4 is 11.7 Å². The molecule has 2 fully saturated rings. The average molecular weight is 154 g/mol. The molecule has 2 saturated heterocycles. The third kappa shape index (κ3) is 0.939. The first-order chi connectivity index (χ1) is 5.29. The van der Waals surface area contributed by atoms with E-state index in [2.05, 4.69) is 10.6 Å². The van der Waals surface area contributed by atoms with Crippen LogP contribution in [0.5, 0.6) is 0 Å². The smallest absolute Gasteiger partial charge is 0.288 e. The third-order valence-electron chi connectivity index (χ3n) is 2.36. The van der Waals surface area contributed by atoms with E-state index in [4.69, 9.17) is 0 Å². The van der Waals surface area contributed by atoms with Crippen LogP contribution in [0, 0.1) is 5.92 Å². The summed E-state index contributed by atoms with van der Waals surface area (Å²) in [6, 6.07) is 0.0590. The quantitative estimate of drug-likeness (QED) is 0.425. The number of carbonyl (C=O) groups is 2. The zero-order chi connectivity index (χ0) is 7.84. The Bertz CT molecular complexity index is 214. The minimum atomic E-state index is -0.399. The van der Waals surface area contributed by atoms with Crippen molar-refractivity contribution in [3.63, 3.8) is 0 Å². The minimum absolute atomic E-state index is 0.0521. The molecule has 0 aliphatic carbocycles. The van der Waals surface area contributed by atoms with Crippen LogP contribution in [0.3, 0.4) is 0 Å². The van der Waals surface area contributed by atoms with E-state index in [1.165, 1.54) is 0 Å². The van der Waals surface area contributed by atoms with Crippen LogP contribution in [0.4, 0.5) is 0 Å². The number of amides is 1. The Kier molecular flexibility index (Phi) is 1.42. The van der Waals surface area contributed by atoms with Gasteiger partial charge < -0.3 is 10.6 Å². The number of ketones is 1. The summed E-state index contributed by atoms with van der Waals surface area (Å²) in [6.45, 7) is 1.59. The van der Waals surface area contributed by atoms with Crippen molar-refractivity contribution in [2.75, 3.05) is 13.1 Å². The Labute approximate surface area is 64.3 Å². The van der Waals surface area contributed by atoms with Crippen LogP contribution in [0.15, 0.2) is 0 Å². The molecule has 4 nitrogen and oxygen atoms in total. The third-order valence-corrected chi connectivity index (χ3v) is 2.36. The minimum Gasteiger partial charge on any atom is -0.345 e. The van der Waals surface area contributed by atoms with E-state index in [1.54, 1.807) is 0 Å². The summed E-state index contributed by atoms with van der Waals surface area (Å²) in [6.07, 6.45) is 0.794. The van der Waals surface area contributed by atoms with Crippen LogP contribution in [-0.4, -0.2) is 30.8 Å². The maximum Gasteiger partial charge on any atom is 0.288 e. The Morgan fingerprint density at radius 1 is 1.36 bits per heavy atom. The summed E-state index contributed by atoms with van der Waals surface area (Å²) >= 11 is 0. The number of rotatable bonds is 0. The first kappa shape index (κ1) is 6.79. The Hall–Kier alpha value is -0.900. The van der Waals surface area contributed by atoms with Crippen LogP contribution >= 0.6 is 0 Å². The van der Waals surface area contributed by atoms with Gasteiger partial charge in [-0.2, -0.15) is 0 Å². The van der Waals surface area contributed by atoms with Crippen molar-refractivity contribution in [3.05, 3.63) is 0 Å². The highest BCUT2D eigenvalue weighted by molar-refractivity contribution is 6.39. The second kappa shape index (κ2) is 2.30. The SMILES string of the molecule is O=C1NC2CNCCC2C1=O. The molecule has 60 valence electrons. The topological polar surface area (TPSA) is 58.2 Å². The van der Waals surface area contributed by atoms with Crippen molar-refractivity contribution in [2.45, 2.75) is 12.5 Å². The van der Waals surface area contributed by atoms with E-state index in [0.29, 0.717) is 0 Å². The molecule has 0 spiro atoms. The number of Topliss-reactive ketones (excluding diaryl/α,β-unsaturated/α-hetero) is 1. The van der Waals surface area contributed by atoms with Crippen molar-refractivity contribution in [2.24, 2.45) is 5.92 Å². The standard InChI is InChI=1S/C7H10N2O2/c10-6-4-1-2-8-3-5(4)9-7(6)11/h4-5,8H,1-3H2,(H,9,11). The molecule has 1 amide bonds. The Morgan fingerprint density at radius 2 is 2.18 bits per heavy atom.